The molecule has 2 aromatic rings. The number of fused-ring (bicyclic) bond motifs is 5. The van der Waals surface area contributed by atoms with Crippen molar-refractivity contribution in [3.8, 4) is 0 Å². The van der Waals surface area contributed by atoms with Crippen LogP contribution in [0, 0.1) is 11.3 Å². The number of ether oxygens (including phenoxy) is 1. The number of carbonyl (C=O) groups is 2. The number of carbonyl (C=O) groups excluding carboxylic acids is 2. The summed E-state index contributed by atoms with van der Waals surface area (Å²) in [6.45, 7) is 2.74. The normalized spacial score (nSPS) is 23.2. The zero-order valence-electron chi connectivity index (χ0n) is 21.3. The van der Waals surface area contributed by atoms with Gasteiger partial charge in [0, 0.05) is 39.5 Å². The van der Waals surface area contributed by atoms with Crippen molar-refractivity contribution >= 4 is 40.1 Å². The molecule has 37 heavy (non-hydrogen) atoms. The van der Waals surface area contributed by atoms with Gasteiger partial charge in [-0.1, -0.05) is 49.6 Å². The summed E-state index contributed by atoms with van der Waals surface area (Å²) in [7, 11) is 1.42. The van der Waals surface area contributed by atoms with Gasteiger partial charge in [-0.3, -0.25) is 10.1 Å². The molecule has 1 fully saturated rings. The number of thiazole rings is 1. The number of nitrogens with one attached hydrogen (secondary N) is 1. The summed E-state index contributed by atoms with van der Waals surface area (Å²) in [4.78, 5) is 32.6. The van der Waals surface area contributed by atoms with Gasteiger partial charge in [-0.2, -0.15) is 0 Å². The Morgan fingerprint density at radius 2 is 1.97 bits per heavy atom. The van der Waals surface area contributed by atoms with Crippen LogP contribution < -0.4 is 5.32 Å². The minimum atomic E-state index is -0.324. The van der Waals surface area contributed by atoms with Crippen LogP contribution in [0.1, 0.15) is 56.6 Å². The third-order valence-electron chi connectivity index (χ3n) is 8.25. The fraction of sp³-hybridized carbons (Fsp3) is 0.367. The van der Waals surface area contributed by atoms with Crippen molar-refractivity contribution in [1.82, 2.24) is 9.88 Å². The second-order valence-corrected chi connectivity index (χ2v) is 11.3. The molecule has 0 saturated heterocycles. The van der Waals surface area contributed by atoms with Gasteiger partial charge in [-0.15, -0.1) is 11.3 Å². The summed E-state index contributed by atoms with van der Waals surface area (Å²) in [5, 5.41) is 5.41. The van der Waals surface area contributed by atoms with E-state index in [1.165, 1.54) is 61.8 Å². The van der Waals surface area contributed by atoms with E-state index in [0.29, 0.717) is 28.7 Å². The van der Waals surface area contributed by atoms with Gasteiger partial charge in [-0.25, -0.2) is 9.78 Å². The van der Waals surface area contributed by atoms with Crippen LogP contribution in [0.15, 0.2) is 70.4 Å². The zero-order valence-corrected chi connectivity index (χ0v) is 22.1. The number of aromatic nitrogens is 1. The summed E-state index contributed by atoms with van der Waals surface area (Å²) in [5.74, 6) is 0.00246. The second-order valence-electron chi connectivity index (χ2n) is 10.4. The number of rotatable bonds is 4. The first-order valence-corrected chi connectivity index (χ1v) is 13.9. The molecule has 2 aliphatic carbocycles. The van der Waals surface area contributed by atoms with Crippen LogP contribution in [0.5, 0.6) is 0 Å². The maximum absolute atomic E-state index is 13.5. The highest BCUT2D eigenvalue weighted by atomic mass is 32.1. The first kappa shape index (κ1) is 23.9. The maximum atomic E-state index is 13.5. The standard InChI is InChI=1S/C30H31N3O3S/c1-30-13-12-21(28(35)36-2)17-24(30)33-18-22(27(34)32-29-31-14-15-37-29)16-20-10-6-7-11-23(20)26(33)25(30)19-8-4-3-5-9-19/h6-7,10-12,14-17,19H,3-5,8-9,13,18H2,1-2H3,(H,31,32,34). The van der Waals surface area contributed by atoms with Crippen molar-refractivity contribution in [2.75, 3.05) is 19.0 Å². The van der Waals surface area contributed by atoms with E-state index in [2.05, 4.69) is 40.3 Å². The molecule has 6 nitrogen and oxygen atoms in total. The highest BCUT2D eigenvalue weighted by Crippen LogP contribution is 2.59. The van der Waals surface area contributed by atoms with Crippen LogP contribution in [0.3, 0.4) is 0 Å². The van der Waals surface area contributed by atoms with E-state index in [1.54, 1.807) is 6.20 Å². The van der Waals surface area contributed by atoms with Gasteiger partial charge in [0.05, 0.1) is 19.2 Å². The molecule has 0 bridgehead atoms. The van der Waals surface area contributed by atoms with Crippen molar-refractivity contribution in [1.29, 1.82) is 0 Å². The van der Waals surface area contributed by atoms with Crippen LogP contribution in [0.25, 0.3) is 11.8 Å². The van der Waals surface area contributed by atoms with Gasteiger partial charge in [0.1, 0.15) is 0 Å². The third-order valence-corrected chi connectivity index (χ3v) is 8.94. The average Bonchev–Trinajstić information content (AvgIpc) is 3.47. The Kier molecular flexibility index (Phi) is 6.11. The van der Waals surface area contributed by atoms with E-state index in [4.69, 9.17) is 4.74 Å². The summed E-state index contributed by atoms with van der Waals surface area (Å²) >= 11 is 1.40. The van der Waals surface area contributed by atoms with Crippen LogP contribution in [0.4, 0.5) is 5.13 Å². The Morgan fingerprint density at radius 3 is 2.73 bits per heavy atom. The molecule has 1 unspecified atom stereocenters. The van der Waals surface area contributed by atoms with Crippen LogP contribution in [0.2, 0.25) is 0 Å². The summed E-state index contributed by atoms with van der Waals surface area (Å²) in [6.07, 6.45) is 14.6. The largest absolute Gasteiger partial charge is 0.465 e. The molecule has 0 spiro atoms. The van der Waals surface area contributed by atoms with Crippen LogP contribution in [-0.2, 0) is 14.3 Å². The van der Waals surface area contributed by atoms with Gasteiger partial charge in [0.2, 0.25) is 0 Å². The van der Waals surface area contributed by atoms with Crippen LogP contribution >= 0.6 is 11.3 Å². The number of amides is 1. The third kappa shape index (κ3) is 4.06. The molecule has 7 heteroatoms. The lowest BCUT2D eigenvalue weighted by Gasteiger charge is -2.37. The minimum absolute atomic E-state index is 0.154. The molecule has 4 aliphatic rings. The highest BCUT2D eigenvalue weighted by Gasteiger charge is 2.50. The Hall–Kier alpha value is -3.45. The first-order chi connectivity index (χ1) is 18.0. The predicted octanol–water partition coefficient (Wildman–Crippen LogP) is 6.18. The summed E-state index contributed by atoms with van der Waals surface area (Å²) < 4.78 is 5.08. The topological polar surface area (TPSA) is 71.5 Å². The molecule has 1 atom stereocenters. The van der Waals surface area contributed by atoms with E-state index >= 15 is 0 Å². The number of allylic oxidation sites excluding steroid dienone is 2. The lowest BCUT2D eigenvalue weighted by Crippen LogP contribution is -2.32. The molecular weight excluding hydrogens is 482 g/mol. The van der Waals surface area contributed by atoms with Gasteiger partial charge in [0.25, 0.3) is 5.91 Å². The molecular formula is C30H31N3O3S. The minimum Gasteiger partial charge on any atom is -0.465 e. The highest BCUT2D eigenvalue weighted by molar-refractivity contribution is 7.13. The fourth-order valence-corrected chi connectivity index (χ4v) is 7.05. The molecule has 1 saturated carbocycles. The monoisotopic (exact) mass is 513 g/mol. The zero-order chi connectivity index (χ0) is 25.6. The van der Waals surface area contributed by atoms with Crippen molar-refractivity contribution in [2.45, 2.75) is 45.4 Å². The van der Waals surface area contributed by atoms with Crippen LogP contribution in [-0.4, -0.2) is 35.4 Å². The van der Waals surface area contributed by atoms with Crippen molar-refractivity contribution < 1.29 is 14.3 Å². The smallest absolute Gasteiger partial charge is 0.337 e. The molecule has 2 aliphatic heterocycles. The van der Waals surface area contributed by atoms with Gasteiger partial charge in [-0.05, 0) is 55.4 Å². The fourth-order valence-electron chi connectivity index (χ4n) is 6.53. The molecule has 6 rings (SSSR count). The number of hydrogen-bond donors (Lipinski definition) is 1. The SMILES string of the molecule is COC(=O)C1=CCC2(C)C(=C1)N1CC(C(=O)Nc3nccs3)=Cc3ccccc3C1=C2C1CCCCC1. The lowest BCUT2D eigenvalue weighted by molar-refractivity contribution is -0.135. The van der Waals surface area contributed by atoms with E-state index in [0.717, 1.165) is 23.2 Å². The van der Waals surface area contributed by atoms with E-state index in [9.17, 15) is 9.59 Å². The summed E-state index contributed by atoms with van der Waals surface area (Å²) in [6, 6.07) is 8.38. The van der Waals surface area contributed by atoms with E-state index in [1.807, 2.05) is 29.7 Å². The summed E-state index contributed by atoms with van der Waals surface area (Å²) in [5.41, 5.74) is 6.95. The first-order valence-electron chi connectivity index (χ1n) is 13.0. The van der Waals surface area contributed by atoms with Crippen molar-refractivity contribution in [3.05, 3.63) is 81.5 Å². The number of hydrogen-bond acceptors (Lipinski definition) is 6. The van der Waals surface area contributed by atoms with Crippen molar-refractivity contribution in [2.24, 2.45) is 11.3 Å². The molecule has 1 aromatic carbocycles. The van der Waals surface area contributed by atoms with Gasteiger partial charge in [0.15, 0.2) is 5.13 Å². The molecule has 1 N–H and O–H groups in total. The predicted molar refractivity (Wildman–Crippen MR) is 146 cm³/mol. The quantitative estimate of drug-likeness (QED) is 0.495. The van der Waals surface area contributed by atoms with E-state index < -0.39 is 0 Å². The second kappa shape index (κ2) is 9.45. The molecule has 3 heterocycles. The van der Waals surface area contributed by atoms with Crippen molar-refractivity contribution in [3.63, 3.8) is 0 Å². The number of methoxy groups -OCH3 is 1. The Balaban J connectivity index is 1.52. The Morgan fingerprint density at radius 1 is 1.16 bits per heavy atom. The number of esters is 1. The molecule has 190 valence electrons. The maximum Gasteiger partial charge on any atom is 0.337 e. The number of benzene rings is 1. The Bertz CT molecular complexity index is 1380. The number of nitrogens with zero attached hydrogens (tertiary/aromatic N) is 2. The van der Waals surface area contributed by atoms with Gasteiger partial charge >= 0.3 is 5.97 Å². The molecule has 0 radical (unpaired) electrons. The lowest BCUT2D eigenvalue weighted by atomic mass is 9.67. The average molecular weight is 514 g/mol. The molecule has 1 amide bonds. The van der Waals surface area contributed by atoms with Gasteiger partial charge < -0.3 is 9.64 Å². The molecule has 1 aromatic heterocycles. The number of anilines is 1. The van der Waals surface area contributed by atoms with E-state index in [-0.39, 0.29) is 17.3 Å². The Labute approximate surface area is 221 Å².